The lowest BCUT2D eigenvalue weighted by atomic mass is 10.2. The van der Waals surface area contributed by atoms with Gasteiger partial charge in [0, 0.05) is 11.5 Å². The number of hydrogen-bond acceptors (Lipinski definition) is 2. The Bertz CT molecular complexity index is 535. The van der Waals surface area contributed by atoms with Gasteiger partial charge in [-0.3, -0.25) is 0 Å². The van der Waals surface area contributed by atoms with Crippen LogP contribution in [0.25, 0.3) is 17.0 Å². The van der Waals surface area contributed by atoms with Gasteiger partial charge in [0.15, 0.2) is 0 Å². The third-order valence-electron chi connectivity index (χ3n) is 2.08. The highest BCUT2D eigenvalue weighted by Crippen LogP contribution is 2.21. The second kappa shape index (κ2) is 3.61. The molecule has 0 saturated heterocycles. The maximum absolute atomic E-state index is 10.3. The number of aliphatic carboxylic acids is 1. The highest BCUT2D eigenvalue weighted by Gasteiger charge is 2.01. The summed E-state index contributed by atoms with van der Waals surface area (Å²) in [4.78, 5) is 10.3. The summed E-state index contributed by atoms with van der Waals surface area (Å²) in [6.45, 7) is 1.98. The number of carboxylic acids is 1. The molecule has 0 saturated carbocycles. The van der Waals surface area contributed by atoms with Gasteiger partial charge in [-0.25, -0.2) is 4.79 Å². The van der Waals surface area contributed by atoms with E-state index in [1.54, 1.807) is 0 Å². The number of aryl methyl sites for hydroxylation is 1. The number of hydrogen-bond donors (Lipinski definition) is 1. The van der Waals surface area contributed by atoms with Crippen molar-refractivity contribution in [2.24, 2.45) is 0 Å². The van der Waals surface area contributed by atoms with Crippen LogP contribution >= 0.6 is 0 Å². The molecule has 3 nitrogen and oxygen atoms in total. The topological polar surface area (TPSA) is 50.4 Å². The number of carboxylic acid groups (broad SMARTS) is 1. The highest BCUT2D eigenvalue weighted by atomic mass is 16.4. The molecule has 0 spiro atoms. The number of benzene rings is 1. The molecule has 2 aromatic rings. The normalized spacial score (nSPS) is 11.3. The van der Waals surface area contributed by atoms with Gasteiger partial charge in [-0.2, -0.15) is 0 Å². The summed E-state index contributed by atoms with van der Waals surface area (Å²) in [5.74, 6) is -0.426. The fraction of sp³-hybridized carbons (Fsp3) is 0.0833. The van der Waals surface area contributed by atoms with E-state index in [0.29, 0.717) is 5.76 Å². The van der Waals surface area contributed by atoms with Crippen LogP contribution in [0.15, 0.2) is 34.8 Å². The van der Waals surface area contributed by atoms with Gasteiger partial charge in [0.1, 0.15) is 11.3 Å². The molecule has 0 amide bonds. The summed E-state index contributed by atoms with van der Waals surface area (Å²) in [5, 5.41) is 9.44. The van der Waals surface area contributed by atoms with Crippen molar-refractivity contribution in [3.63, 3.8) is 0 Å². The van der Waals surface area contributed by atoms with Crippen molar-refractivity contribution >= 4 is 23.0 Å². The zero-order valence-corrected chi connectivity index (χ0v) is 8.23. The van der Waals surface area contributed by atoms with E-state index in [1.165, 1.54) is 6.08 Å². The first-order valence-corrected chi connectivity index (χ1v) is 4.56. The lowest BCUT2D eigenvalue weighted by molar-refractivity contribution is -0.131. The third kappa shape index (κ3) is 2.07. The standard InChI is InChI=1S/C12H10O3/c1-8-2-3-9-7-10(4-5-12(13)14)15-11(9)6-8/h2-7H,1H3,(H,13,14)/b5-4+. The van der Waals surface area contributed by atoms with Crippen LogP contribution in [-0.2, 0) is 4.79 Å². The molecule has 0 aliphatic carbocycles. The van der Waals surface area contributed by atoms with Crippen molar-refractivity contribution in [2.45, 2.75) is 6.92 Å². The van der Waals surface area contributed by atoms with E-state index in [4.69, 9.17) is 9.52 Å². The van der Waals surface area contributed by atoms with E-state index in [9.17, 15) is 4.79 Å². The fourth-order valence-electron chi connectivity index (χ4n) is 1.39. The van der Waals surface area contributed by atoms with E-state index in [2.05, 4.69) is 0 Å². The SMILES string of the molecule is Cc1ccc2cc(/C=C/C(=O)O)oc2c1. The van der Waals surface area contributed by atoms with Crippen molar-refractivity contribution in [1.29, 1.82) is 0 Å². The molecule has 1 aromatic carbocycles. The summed E-state index contributed by atoms with van der Waals surface area (Å²) in [7, 11) is 0. The molecular formula is C12H10O3. The molecule has 0 fully saturated rings. The molecular weight excluding hydrogens is 192 g/mol. The molecule has 15 heavy (non-hydrogen) atoms. The molecule has 1 N–H and O–H groups in total. The molecule has 3 heteroatoms. The summed E-state index contributed by atoms with van der Waals surface area (Å²) >= 11 is 0. The second-order valence-corrected chi connectivity index (χ2v) is 3.36. The molecule has 0 aliphatic rings. The van der Waals surface area contributed by atoms with Crippen molar-refractivity contribution in [2.75, 3.05) is 0 Å². The zero-order valence-electron chi connectivity index (χ0n) is 8.23. The third-order valence-corrected chi connectivity index (χ3v) is 2.08. The van der Waals surface area contributed by atoms with Gasteiger partial charge >= 0.3 is 5.97 Å². The average Bonchev–Trinajstić information content (AvgIpc) is 2.56. The van der Waals surface area contributed by atoms with Crippen molar-refractivity contribution in [3.8, 4) is 0 Å². The van der Waals surface area contributed by atoms with Gasteiger partial charge in [-0.1, -0.05) is 12.1 Å². The Morgan fingerprint density at radius 3 is 2.93 bits per heavy atom. The molecule has 76 valence electrons. The second-order valence-electron chi connectivity index (χ2n) is 3.36. The van der Waals surface area contributed by atoms with Crippen LogP contribution in [-0.4, -0.2) is 11.1 Å². The average molecular weight is 202 g/mol. The lowest BCUT2D eigenvalue weighted by Crippen LogP contribution is -1.84. The minimum Gasteiger partial charge on any atom is -0.478 e. The van der Waals surface area contributed by atoms with Crippen LogP contribution in [0.4, 0.5) is 0 Å². The molecule has 0 atom stereocenters. The fourth-order valence-corrected chi connectivity index (χ4v) is 1.39. The van der Waals surface area contributed by atoms with Gasteiger partial charge in [0.05, 0.1) is 0 Å². The predicted molar refractivity (Wildman–Crippen MR) is 57.6 cm³/mol. The number of carbonyl (C=O) groups is 1. The molecule has 0 bridgehead atoms. The maximum Gasteiger partial charge on any atom is 0.328 e. The van der Waals surface area contributed by atoms with E-state index < -0.39 is 5.97 Å². The molecule has 2 rings (SSSR count). The van der Waals surface area contributed by atoms with Crippen LogP contribution in [0.1, 0.15) is 11.3 Å². The summed E-state index contributed by atoms with van der Waals surface area (Å²) in [6.07, 6.45) is 2.50. The van der Waals surface area contributed by atoms with Crippen molar-refractivity contribution in [3.05, 3.63) is 41.7 Å². The number of rotatable bonds is 2. The Hall–Kier alpha value is -2.03. The highest BCUT2D eigenvalue weighted by molar-refractivity contribution is 5.86. The molecule has 1 aromatic heterocycles. The lowest BCUT2D eigenvalue weighted by Gasteiger charge is -1.89. The van der Waals surface area contributed by atoms with Gasteiger partial charge < -0.3 is 9.52 Å². The molecule has 0 aliphatic heterocycles. The van der Waals surface area contributed by atoms with Gasteiger partial charge in [0.25, 0.3) is 0 Å². The van der Waals surface area contributed by atoms with Crippen LogP contribution in [0.3, 0.4) is 0 Å². The number of fused-ring (bicyclic) bond motifs is 1. The van der Waals surface area contributed by atoms with E-state index in [1.807, 2.05) is 31.2 Å². The smallest absolute Gasteiger partial charge is 0.328 e. The minimum atomic E-state index is -0.980. The zero-order chi connectivity index (χ0) is 10.8. The Balaban J connectivity index is 2.43. The largest absolute Gasteiger partial charge is 0.478 e. The van der Waals surface area contributed by atoms with Crippen LogP contribution in [0.2, 0.25) is 0 Å². The van der Waals surface area contributed by atoms with Gasteiger partial charge in [-0.15, -0.1) is 0 Å². The Morgan fingerprint density at radius 1 is 1.40 bits per heavy atom. The van der Waals surface area contributed by atoms with Crippen molar-refractivity contribution in [1.82, 2.24) is 0 Å². The summed E-state index contributed by atoms with van der Waals surface area (Å²) < 4.78 is 5.45. The molecule has 0 radical (unpaired) electrons. The van der Waals surface area contributed by atoms with Crippen LogP contribution in [0, 0.1) is 6.92 Å². The van der Waals surface area contributed by atoms with Crippen LogP contribution < -0.4 is 0 Å². The van der Waals surface area contributed by atoms with E-state index >= 15 is 0 Å². The molecule has 0 unspecified atom stereocenters. The van der Waals surface area contributed by atoms with Gasteiger partial charge in [-0.05, 0) is 30.7 Å². The van der Waals surface area contributed by atoms with Crippen molar-refractivity contribution < 1.29 is 14.3 Å². The van der Waals surface area contributed by atoms with E-state index in [0.717, 1.165) is 22.6 Å². The monoisotopic (exact) mass is 202 g/mol. The maximum atomic E-state index is 10.3. The van der Waals surface area contributed by atoms with Crippen LogP contribution in [0.5, 0.6) is 0 Å². The van der Waals surface area contributed by atoms with Gasteiger partial charge in [0.2, 0.25) is 0 Å². The predicted octanol–water partition coefficient (Wildman–Crippen LogP) is 2.84. The first kappa shape index (κ1) is 9.52. The quantitative estimate of drug-likeness (QED) is 0.762. The first-order chi connectivity index (χ1) is 7.15. The Labute approximate surface area is 86.6 Å². The van der Waals surface area contributed by atoms with E-state index in [-0.39, 0.29) is 0 Å². The summed E-state index contributed by atoms with van der Waals surface area (Å²) in [6, 6.07) is 7.68. The number of furan rings is 1. The minimum absolute atomic E-state index is 0.554. The first-order valence-electron chi connectivity index (χ1n) is 4.56. The Morgan fingerprint density at radius 2 is 2.20 bits per heavy atom. The summed E-state index contributed by atoms with van der Waals surface area (Å²) in [5.41, 5.74) is 1.89. The Kier molecular flexibility index (Phi) is 2.29. The molecule has 1 heterocycles.